The molecule has 0 bridgehead atoms. The summed E-state index contributed by atoms with van der Waals surface area (Å²) >= 11 is 1.42. The van der Waals surface area contributed by atoms with Gasteiger partial charge >= 0.3 is 0 Å². The van der Waals surface area contributed by atoms with Crippen LogP contribution in [0.1, 0.15) is 36.9 Å². The second kappa shape index (κ2) is 7.09. The van der Waals surface area contributed by atoms with E-state index in [-0.39, 0.29) is 24.0 Å². The van der Waals surface area contributed by atoms with Crippen molar-refractivity contribution in [3.05, 3.63) is 34.3 Å². The van der Waals surface area contributed by atoms with Gasteiger partial charge in [-0.15, -0.1) is 0 Å². The van der Waals surface area contributed by atoms with Crippen molar-refractivity contribution in [3.63, 3.8) is 0 Å². The van der Waals surface area contributed by atoms with E-state index >= 15 is 0 Å². The Hall–Kier alpha value is -2.61. The highest BCUT2D eigenvalue weighted by Gasteiger charge is 2.32. The number of amides is 2. The number of benzene rings is 1. The van der Waals surface area contributed by atoms with E-state index < -0.39 is 0 Å². The van der Waals surface area contributed by atoms with Crippen molar-refractivity contribution in [2.45, 2.75) is 45.8 Å². The van der Waals surface area contributed by atoms with Crippen LogP contribution in [0.2, 0.25) is 0 Å². The third-order valence-corrected chi connectivity index (χ3v) is 5.77. The fourth-order valence-electron chi connectivity index (χ4n) is 3.54. The van der Waals surface area contributed by atoms with Gasteiger partial charge in [-0.3, -0.25) is 9.59 Å². The lowest BCUT2D eigenvalue weighted by molar-refractivity contribution is -0.134. The van der Waals surface area contributed by atoms with Crippen LogP contribution >= 0.6 is 11.3 Å². The summed E-state index contributed by atoms with van der Waals surface area (Å²) < 4.78 is 11.8. The quantitative estimate of drug-likeness (QED) is 0.852. The van der Waals surface area contributed by atoms with E-state index in [1.165, 1.54) is 18.3 Å². The molecule has 1 aromatic carbocycles. The van der Waals surface area contributed by atoms with E-state index in [1.807, 2.05) is 32.0 Å². The number of nitrogens with zero attached hydrogens (tertiary/aromatic N) is 2. The lowest BCUT2D eigenvalue weighted by Crippen LogP contribution is -2.38. The molecule has 4 rings (SSSR count). The van der Waals surface area contributed by atoms with Gasteiger partial charge in [-0.1, -0.05) is 23.5 Å². The van der Waals surface area contributed by atoms with Crippen molar-refractivity contribution >= 4 is 28.3 Å². The fraction of sp³-hybridized carbons (Fsp3) is 0.450. The molecule has 2 aromatic rings. The van der Waals surface area contributed by atoms with Crippen molar-refractivity contribution in [1.82, 2.24) is 9.88 Å². The van der Waals surface area contributed by atoms with Crippen LogP contribution in [0.25, 0.3) is 0 Å². The maximum absolute atomic E-state index is 12.7. The summed E-state index contributed by atoms with van der Waals surface area (Å²) in [6.45, 7) is 6.58. The Morgan fingerprint density at radius 1 is 1.39 bits per heavy atom. The van der Waals surface area contributed by atoms with Crippen molar-refractivity contribution in [2.75, 3.05) is 18.5 Å². The zero-order chi connectivity index (χ0) is 19.9. The van der Waals surface area contributed by atoms with Crippen LogP contribution in [-0.4, -0.2) is 40.5 Å². The van der Waals surface area contributed by atoms with Crippen LogP contribution in [0.15, 0.2) is 18.2 Å². The number of hydrogen-bond donors (Lipinski definition) is 1. The first kappa shape index (κ1) is 18.7. The fourth-order valence-corrected chi connectivity index (χ4v) is 4.61. The van der Waals surface area contributed by atoms with Gasteiger partial charge in [0.15, 0.2) is 23.2 Å². The Labute approximate surface area is 167 Å². The number of ether oxygens (including phenoxy) is 2. The molecule has 2 aliphatic heterocycles. The average molecular weight is 401 g/mol. The molecule has 0 aliphatic carbocycles. The molecule has 148 valence electrons. The van der Waals surface area contributed by atoms with Crippen molar-refractivity contribution in [3.8, 4) is 11.5 Å². The molecular weight excluding hydrogens is 378 g/mol. The van der Waals surface area contributed by atoms with Gasteiger partial charge in [0.25, 0.3) is 5.91 Å². The molecular formula is C20H23N3O4S. The maximum atomic E-state index is 12.7. The number of anilines is 1. The maximum Gasteiger partial charge on any atom is 0.260 e. The standard InChI is InChI=1S/C20H23N3O4S/c1-12(24)21-19-22-14-7-8-23(10-16(14)28-19)17(25)11-26-15-6-4-5-13-9-20(2,3)27-18(13)15/h4-6H,7-11H2,1-3H3,(H,21,22,24). The molecule has 7 nitrogen and oxygen atoms in total. The predicted molar refractivity (Wildman–Crippen MR) is 106 cm³/mol. The van der Waals surface area contributed by atoms with Crippen molar-refractivity contribution in [1.29, 1.82) is 0 Å². The molecule has 0 fully saturated rings. The third-order valence-electron chi connectivity index (χ3n) is 4.77. The zero-order valence-electron chi connectivity index (χ0n) is 16.2. The smallest absolute Gasteiger partial charge is 0.260 e. The largest absolute Gasteiger partial charge is 0.483 e. The number of para-hydroxylation sites is 1. The first-order valence-corrected chi connectivity index (χ1v) is 10.1. The van der Waals surface area contributed by atoms with Gasteiger partial charge in [-0.2, -0.15) is 0 Å². The van der Waals surface area contributed by atoms with Gasteiger partial charge in [0.2, 0.25) is 5.91 Å². The zero-order valence-corrected chi connectivity index (χ0v) is 17.0. The van der Waals surface area contributed by atoms with Crippen LogP contribution in [0, 0.1) is 0 Å². The second-order valence-corrected chi connectivity index (χ2v) is 8.79. The van der Waals surface area contributed by atoms with Crippen LogP contribution in [0.4, 0.5) is 5.13 Å². The summed E-state index contributed by atoms with van der Waals surface area (Å²) in [7, 11) is 0. The topological polar surface area (TPSA) is 80.8 Å². The summed E-state index contributed by atoms with van der Waals surface area (Å²) in [5.41, 5.74) is 1.80. The summed E-state index contributed by atoms with van der Waals surface area (Å²) in [4.78, 5) is 31.1. The van der Waals surface area contributed by atoms with E-state index in [1.54, 1.807) is 4.90 Å². The lowest BCUT2D eigenvalue weighted by Gasteiger charge is -2.26. The second-order valence-electron chi connectivity index (χ2n) is 7.71. The van der Waals surface area contributed by atoms with Gasteiger partial charge in [0, 0.05) is 36.8 Å². The van der Waals surface area contributed by atoms with Crippen molar-refractivity contribution < 1.29 is 19.1 Å². The minimum absolute atomic E-state index is 0.0348. The monoisotopic (exact) mass is 401 g/mol. The highest BCUT2D eigenvalue weighted by atomic mass is 32.1. The molecule has 0 spiro atoms. The molecule has 1 aromatic heterocycles. The molecule has 3 heterocycles. The minimum atomic E-state index is -0.257. The van der Waals surface area contributed by atoms with E-state index in [0.717, 1.165) is 28.3 Å². The average Bonchev–Trinajstić information content (AvgIpc) is 3.16. The number of hydrogen-bond acceptors (Lipinski definition) is 6. The molecule has 0 saturated heterocycles. The molecule has 28 heavy (non-hydrogen) atoms. The molecule has 0 saturated carbocycles. The van der Waals surface area contributed by atoms with E-state index in [2.05, 4.69) is 10.3 Å². The Morgan fingerprint density at radius 2 is 2.21 bits per heavy atom. The van der Waals surface area contributed by atoms with Crippen molar-refractivity contribution in [2.24, 2.45) is 0 Å². The molecule has 0 radical (unpaired) electrons. The summed E-state index contributed by atoms with van der Waals surface area (Å²) in [5.74, 6) is 1.13. The first-order valence-electron chi connectivity index (χ1n) is 9.28. The first-order chi connectivity index (χ1) is 13.3. The SMILES string of the molecule is CC(=O)Nc1nc2c(s1)CN(C(=O)COc1cccc3c1OC(C)(C)C3)CC2. The number of carbonyl (C=O) groups excluding carboxylic acids is 2. The number of thiazole rings is 1. The Balaban J connectivity index is 1.39. The third kappa shape index (κ3) is 3.82. The number of fused-ring (bicyclic) bond motifs is 2. The highest BCUT2D eigenvalue weighted by Crippen LogP contribution is 2.41. The predicted octanol–water partition coefficient (Wildman–Crippen LogP) is 2.78. The number of aromatic nitrogens is 1. The van der Waals surface area contributed by atoms with Crippen LogP contribution in [0.3, 0.4) is 0 Å². The number of carbonyl (C=O) groups is 2. The molecule has 1 N–H and O–H groups in total. The van der Waals surface area contributed by atoms with E-state index in [4.69, 9.17) is 9.47 Å². The molecule has 0 unspecified atom stereocenters. The van der Waals surface area contributed by atoms with Crippen LogP contribution in [-0.2, 0) is 29.0 Å². The van der Waals surface area contributed by atoms with Gasteiger partial charge in [-0.25, -0.2) is 4.98 Å². The van der Waals surface area contributed by atoms with Gasteiger partial charge in [0.05, 0.1) is 12.2 Å². The number of rotatable bonds is 4. The molecule has 8 heteroatoms. The highest BCUT2D eigenvalue weighted by molar-refractivity contribution is 7.15. The Kier molecular flexibility index (Phi) is 4.74. The van der Waals surface area contributed by atoms with Gasteiger partial charge in [-0.05, 0) is 19.9 Å². The summed E-state index contributed by atoms with van der Waals surface area (Å²) in [6.07, 6.45) is 1.50. The Morgan fingerprint density at radius 3 is 3.00 bits per heavy atom. The summed E-state index contributed by atoms with van der Waals surface area (Å²) in [5, 5.41) is 3.30. The van der Waals surface area contributed by atoms with E-state index in [0.29, 0.717) is 30.4 Å². The number of nitrogens with one attached hydrogen (secondary N) is 1. The molecule has 2 amide bonds. The lowest BCUT2D eigenvalue weighted by atomic mass is 10.0. The minimum Gasteiger partial charge on any atom is -0.483 e. The Bertz CT molecular complexity index is 938. The van der Waals surface area contributed by atoms with Crippen LogP contribution < -0.4 is 14.8 Å². The van der Waals surface area contributed by atoms with Gasteiger partial charge < -0.3 is 19.7 Å². The van der Waals surface area contributed by atoms with E-state index in [9.17, 15) is 9.59 Å². The summed E-state index contributed by atoms with van der Waals surface area (Å²) in [6, 6.07) is 5.80. The molecule has 0 atom stereocenters. The van der Waals surface area contributed by atoms with Gasteiger partial charge in [0.1, 0.15) is 5.60 Å². The molecule has 2 aliphatic rings. The normalized spacial score (nSPS) is 16.8. The van der Waals surface area contributed by atoms with Crippen LogP contribution in [0.5, 0.6) is 11.5 Å².